The molecule has 0 saturated carbocycles. The number of ether oxygens (including phenoxy) is 1. The SMILES string of the molecule is CC(C)O/C=C/NC=O. The van der Waals surface area contributed by atoms with Gasteiger partial charge in [-0.3, -0.25) is 4.79 Å². The fourth-order valence-corrected chi connectivity index (χ4v) is 0.275. The van der Waals surface area contributed by atoms with Crippen LogP contribution in [-0.4, -0.2) is 12.5 Å². The standard InChI is InChI=1S/C6H11NO2/c1-6(2)9-4-3-7-5-8/h3-6H,1-2H3,(H,7,8)/b4-3+. The number of carbonyl (C=O) groups excluding carboxylic acids is 1. The number of rotatable bonds is 4. The average molecular weight is 129 g/mol. The van der Waals surface area contributed by atoms with E-state index in [1.807, 2.05) is 13.8 Å². The summed E-state index contributed by atoms with van der Waals surface area (Å²) in [5.74, 6) is 0. The van der Waals surface area contributed by atoms with Gasteiger partial charge in [0.2, 0.25) is 6.41 Å². The van der Waals surface area contributed by atoms with Gasteiger partial charge in [-0.25, -0.2) is 0 Å². The predicted molar refractivity (Wildman–Crippen MR) is 34.6 cm³/mol. The number of nitrogens with one attached hydrogen (secondary N) is 1. The Kier molecular flexibility index (Phi) is 4.59. The van der Waals surface area contributed by atoms with Crippen LogP contribution in [0.2, 0.25) is 0 Å². The van der Waals surface area contributed by atoms with Crippen molar-refractivity contribution in [3.63, 3.8) is 0 Å². The topological polar surface area (TPSA) is 38.3 Å². The van der Waals surface area contributed by atoms with Gasteiger partial charge in [0, 0.05) is 6.20 Å². The van der Waals surface area contributed by atoms with Crippen molar-refractivity contribution in [3.8, 4) is 0 Å². The summed E-state index contributed by atoms with van der Waals surface area (Å²) in [6, 6.07) is 0. The van der Waals surface area contributed by atoms with Gasteiger partial charge in [0.05, 0.1) is 12.4 Å². The Hall–Kier alpha value is -0.990. The summed E-state index contributed by atoms with van der Waals surface area (Å²) >= 11 is 0. The molecule has 1 amide bonds. The highest BCUT2D eigenvalue weighted by molar-refractivity contribution is 5.47. The Bertz CT molecular complexity index is 99.2. The van der Waals surface area contributed by atoms with Gasteiger partial charge in [0.1, 0.15) is 0 Å². The number of carbonyl (C=O) groups is 1. The van der Waals surface area contributed by atoms with E-state index in [0.29, 0.717) is 6.41 Å². The summed E-state index contributed by atoms with van der Waals surface area (Å²) in [5, 5.41) is 2.32. The van der Waals surface area contributed by atoms with Crippen molar-refractivity contribution >= 4 is 6.41 Å². The van der Waals surface area contributed by atoms with Crippen LogP contribution < -0.4 is 5.32 Å². The normalized spacial score (nSPS) is 10.1. The Morgan fingerprint density at radius 2 is 2.22 bits per heavy atom. The quantitative estimate of drug-likeness (QED) is 0.446. The number of amides is 1. The van der Waals surface area contributed by atoms with Gasteiger partial charge < -0.3 is 10.1 Å². The van der Waals surface area contributed by atoms with E-state index < -0.39 is 0 Å². The molecule has 0 aromatic heterocycles. The zero-order valence-corrected chi connectivity index (χ0v) is 5.63. The van der Waals surface area contributed by atoms with E-state index in [4.69, 9.17) is 4.74 Å². The Labute approximate surface area is 54.7 Å². The van der Waals surface area contributed by atoms with Crippen LogP contribution in [0.5, 0.6) is 0 Å². The molecule has 9 heavy (non-hydrogen) atoms. The van der Waals surface area contributed by atoms with E-state index in [9.17, 15) is 4.79 Å². The maximum atomic E-state index is 9.63. The van der Waals surface area contributed by atoms with Gasteiger partial charge in [0.25, 0.3) is 0 Å². The van der Waals surface area contributed by atoms with E-state index in [1.54, 1.807) is 0 Å². The molecule has 0 unspecified atom stereocenters. The molecular weight excluding hydrogens is 118 g/mol. The largest absolute Gasteiger partial charge is 0.497 e. The predicted octanol–water partition coefficient (Wildman–Crippen LogP) is 0.629. The maximum absolute atomic E-state index is 9.63. The highest BCUT2D eigenvalue weighted by Gasteiger charge is 1.83. The molecule has 0 atom stereocenters. The summed E-state index contributed by atoms with van der Waals surface area (Å²) in [7, 11) is 0. The fourth-order valence-electron chi connectivity index (χ4n) is 0.275. The minimum absolute atomic E-state index is 0.162. The molecule has 0 rings (SSSR count). The van der Waals surface area contributed by atoms with Crippen molar-refractivity contribution in [3.05, 3.63) is 12.5 Å². The lowest BCUT2D eigenvalue weighted by Gasteiger charge is -2.01. The van der Waals surface area contributed by atoms with Gasteiger partial charge in [0.15, 0.2) is 0 Å². The molecule has 3 nitrogen and oxygen atoms in total. The van der Waals surface area contributed by atoms with Crippen LogP contribution in [0.4, 0.5) is 0 Å². The molecule has 0 saturated heterocycles. The summed E-state index contributed by atoms with van der Waals surface area (Å²) < 4.78 is 4.94. The molecule has 0 aliphatic heterocycles. The molecule has 0 aliphatic carbocycles. The third kappa shape index (κ3) is 7.01. The Morgan fingerprint density at radius 1 is 1.56 bits per heavy atom. The highest BCUT2D eigenvalue weighted by Crippen LogP contribution is 1.85. The first-order valence-corrected chi connectivity index (χ1v) is 2.77. The minimum atomic E-state index is 0.162. The van der Waals surface area contributed by atoms with Crippen molar-refractivity contribution in [2.45, 2.75) is 20.0 Å². The molecule has 1 N–H and O–H groups in total. The zero-order chi connectivity index (χ0) is 7.11. The van der Waals surface area contributed by atoms with Crippen LogP contribution in [-0.2, 0) is 9.53 Å². The van der Waals surface area contributed by atoms with Crippen molar-refractivity contribution < 1.29 is 9.53 Å². The first-order chi connectivity index (χ1) is 4.27. The van der Waals surface area contributed by atoms with Crippen molar-refractivity contribution in [1.82, 2.24) is 5.32 Å². The van der Waals surface area contributed by atoms with Crippen LogP contribution in [0.15, 0.2) is 12.5 Å². The van der Waals surface area contributed by atoms with Gasteiger partial charge in [-0.1, -0.05) is 0 Å². The van der Waals surface area contributed by atoms with Crippen molar-refractivity contribution in [2.24, 2.45) is 0 Å². The van der Waals surface area contributed by atoms with E-state index in [1.165, 1.54) is 12.5 Å². The van der Waals surface area contributed by atoms with Crippen LogP contribution in [0.3, 0.4) is 0 Å². The number of hydrogen-bond acceptors (Lipinski definition) is 2. The van der Waals surface area contributed by atoms with E-state index in [2.05, 4.69) is 5.32 Å². The first kappa shape index (κ1) is 8.01. The molecule has 0 heterocycles. The fraction of sp³-hybridized carbons (Fsp3) is 0.500. The van der Waals surface area contributed by atoms with E-state index in [-0.39, 0.29) is 6.10 Å². The smallest absolute Gasteiger partial charge is 0.211 e. The molecule has 0 aromatic carbocycles. The summed E-state index contributed by atoms with van der Waals surface area (Å²) in [4.78, 5) is 9.63. The van der Waals surface area contributed by atoms with Crippen molar-refractivity contribution in [1.29, 1.82) is 0 Å². The summed E-state index contributed by atoms with van der Waals surface area (Å²) in [6.45, 7) is 3.82. The highest BCUT2D eigenvalue weighted by atomic mass is 16.5. The van der Waals surface area contributed by atoms with Gasteiger partial charge in [-0.05, 0) is 13.8 Å². The molecule has 0 radical (unpaired) electrons. The molecule has 0 spiro atoms. The second-order valence-electron chi connectivity index (χ2n) is 1.77. The second kappa shape index (κ2) is 5.15. The third-order valence-electron chi connectivity index (χ3n) is 0.583. The summed E-state index contributed by atoms with van der Waals surface area (Å²) in [5.41, 5.74) is 0. The lowest BCUT2D eigenvalue weighted by Crippen LogP contribution is -2.01. The molecular formula is C6H11NO2. The van der Waals surface area contributed by atoms with E-state index in [0.717, 1.165) is 0 Å². The maximum Gasteiger partial charge on any atom is 0.211 e. The lowest BCUT2D eigenvalue weighted by atomic mass is 10.5. The zero-order valence-electron chi connectivity index (χ0n) is 5.63. The second-order valence-corrected chi connectivity index (χ2v) is 1.77. The molecule has 0 fully saturated rings. The van der Waals surface area contributed by atoms with Crippen LogP contribution in [0.1, 0.15) is 13.8 Å². The Balaban J connectivity index is 3.14. The molecule has 52 valence electrons. The van der Waals surface area contributed by atoms with Crippen molar-refractivity contribution in [2.75, 3.05) is 0 Å². The molecule has 3 heteroatoms. The van der Waals surface area contributed by atoms with Crippen LogP contribution in [0, 0.1) is 0 Å². The van der Waals surface area contributed by atoms with Gasteiger partial charge in [-0.2, -0.15) is 0 Å². The van der Waals surface area contributed by atoms with Gasteiger partial charge >= 0.3 is 0 Å². The van der Waals surface area contributed by atoms with Crippen LogP contribution >= 0.6 is 0 Å². The lowest BCUT2D eigenvalue weighted by molar-refractivity contribution is -0.108. The third-order valence-corrected chi connectivity index (χ3v) is 0.583. The molecule has 0 aliphatic rings. The van der Waals surface area contributed by atoms with E-state index >= 15 is 0 Å². The van der Waals surface area contributed by atoms with Crippen LogP contribution in [0.25, 0.3) is 0 Å². The van der Waals surface area contributed by atoms with Gasteiger partial charge in [-0.15, -0.1) is 0 Å². The minimum Gasteiger partial charge on any atom is -0.497 e. The monoisotopic (exact) mass is 129 g/mol. The molecule has 0 aromatic rings. The average Bonchev–Trinajstić information content (AvgIpc) is 1.80. The number of hydrogen-bond donors (Lipinski definition) is 1. The first-order valence-electron chi connectivity index (χ1n) is 2.77. The Morgan fingerprint density at radius 3 is 2.67 bits per heavy atom. The summed E-state index contributed by atoms with van der Waals surface area (Å²) in [6.07, 6.45) is 3.63. The molecule has 0 bridgehead atoms.